The van der Waals surface area contributed by atoms with Crippen molar-refractivity contribution in [1.82, 2.24) is 24.8 Å². The zero-order valence-corrected chi connectivity index (χ0v) is 38.6. The lowest BCUT2D eigenvalue weighted by molar-refractivity contribution is -0.193. The summed E-state index contributed by atoms with van der Waals surface area (Å²) in [5.74, 6) is -8.45. The first-order valence-corrected chi connectivity index (χ1v) is 22.2. The summed E-state index contributed by atoms with van der Waals surface area (Å²) in [5.41, 5.74) is 11.8. The van der Waals surface area contributed by atoms with Crippen molar-refractivity contribution in [2.45, 2.75) is 87.1 Å². The van der Waals surface area contributed by atoms with Crippen molar-refractivity contribution in [2.75, 3.05) is 32.7 Å². The molecule has 1 saturated heterocycles. The van der Waals surface area contributed by atoms with E-state index in [0.29, 0.717) is 56.3 Å². The number of amides is 2. The quantitative estimate of drug-likeness (QED) is 0.0502. The number of nitrogens with one attached hydrogen (secondary N) is 3. The second-order valence-corrected chi connectivity index (χ2v) is 17.4. The van der Waals surface area contributed by atoms with Gasteiger partial charge in [-0.15, -0.1) is 0 Å². The normalized spacial score (nSPS) is 15.2. The van der Waals surface area contributed by atoms with Crippen LogP contribution in [0.15, 0.2) is 47.4 Å². The Hall–Kier alpha value is -5.91. The van der Waals surface area contributed by atoms with E-state index >= 15 is 0 Å². The Morgan fingerprint density at radius 3 is 1.83 bits per heavy atom. The van der Waals surface area contributed by atoms with Crippen LogP contribution in [0.2, 0.25) is 10.0 Å². The summed E-state index contributed by atoms with van der Waals surface area (Å²) in [5, 5.41) is 32.3. The van der Waals surface area contributed by atoms with Gasteiger partial charge in [0.25, 0.3) is 0 Å². The van der Waals surface area contributed by atoms with Gasteiger partial charge in [-0.05, 0) is 56.9 Å². The summed E-state index contributed by atoms with van der Waals surface area (Å²) in [6.07, 6.45) is -12.3. The van der Waals surface area contributed by atoms with Gasteiger partial charge in [-0.3, -0.25) is 15.0 Å². The van der Waals surface area contributed by atoms with Crippen molar-refractivity contribution >= 4 is 79.8 Å². The molecule has 19 nitrogen and oxygen atoms in total. The number of hydrogen-bond donors (Lipinski definition) is 8. The van der Waals surface area contributed by atoms with E-state index in [4.69, 9.17) is 74.5 Å². The van der Waals surface area contributed by atoms with Gasteiger partial charge in [-0.25, -0.2) is 27.8 Å². The summed E-state index contributed by atoms with van der Waals surface area (Å²) >= 11 is 13.2. The number of piperazine rings is 1. The smallest absolute Gasteiger partial charge is 0.487 e. The minimum Gasteiger partial charge on any atom is -0.487 e. The third-order valence-corrected chi connectivity index (χ3v) is 12.2. The first kappa shape index (κ1) is 60.2. The van der Waals surface area contributed by atoms with Crippen LogP contribution in [0.3, 0.4) is 0 Å². The molecular formula is C39H45Cl2F9N8O11S. The highest BCUT2D eigenvalue weighted by Gasteiger charge is 2.48. The second-order valence-electron chi connectivity index (χ2n) is 14.9. The molecule has 0 unspecified atom stereocenters. The fourth-order valence-corrected chi connectivity index (χ4v) is 8.69. The molecule has 31 heteroatoms. The molecule has 1 aliphatic heterocycles. The zero-order valence-electron chi connectivity index (χ0n) is 36.3. The van der Waals surface area contributed by atoms with Gasteiger partial charge in [-0.1, -0.05) is 54.2 Å². The standard InChI is InChI=1S/C33H42Cl2N8O5S.3C2HF3O2/c1-21-9-10-22-6-4-8-26(29(22)40-21)48-20-23-24(34)11-12-27(28(23)35)49(46,47)41-33(13-2-3-14-33)31(45)43-18-16-42(17-19-43)30(44)25(36)7-5-15-39-32(37)38;3*3-2(4,5)1(6)7/h4,6,8-12,25,41H,2-3,5,7,13-20,36H2,1H3,(H4,37,38,39);3*(H,6,7)/t25-;;;/m0.../s1. The number of pyridine rings is 1. The zero-order chi connectivity index (χ0) is 53.6. The topological polar surface area (TPSA) is 309 Å². The number of halogens is 11. The largest absolute Gasteiger partial charge is 0.490 e. The van der Waals surface area contributed by atoms with Crippen LogP contribution >= 0.6 is 23.2 Å². The Morgan fingerprint density at radius 2 is 1.34 bits per heavy atom. The van der Waals surface area contributed by atoms with Crippen LogP contribution in [0.25, 0.3) is 10.9 Å². The Labute approximate surface area is 401 Å². The predicted molar refractivity (Wildman–Crippen MR) is 230 cm³/mol. The van der Waals surface area contributed by atoms with E-state index in [1.54, 1.807) is 15.9 Å². The number of hydrogen-bond acceptors (Lipinski definition) is 11. The molecule has 1 atom stereocenters. The molecule has 10 N–H and O–H groups in total. The van der Waals surface area contributed by atoms with Crippen molar-refractivity contribution in [1.29, 1.82) is 5.41 Å². The maximum absolute atomic E-state index is 14.0. The van der Waals surface area contributed by atoms with Crippen LogP contribution in [-0.2, 0) is 40.6 Å². The molecular weight excluding hydrogens is 1030 g/mol. The number of nitrogens with two attached hydrogens (primary N) is 2. The molecule has 0 radical (unpaired) electrons. The number of sulfonamides is 1. The number of aliphatic carboxylic acids is 3. The van der Waals surface area contributed by atoms with Gasteiger partial charge in [0.1, 0.15) is 28.3 Å². The van der Waals surface area contributed by atoms with Crippen molar-refractivity contribution < 1.29 is 92.0 Å². The molecule has 2 fully saturated rings. The number of nitrogens with zero attached hydrogens (tertiary/aromatic N) is 3. The Kier molecular flexibility index (Phi) is 21.7. The lowest BCUT2D eigenvalue weighted by Gasteiger charge is -2.40. The van der Waals surface area contributed by atoms with Gasteiger partial charge in [0.2, 0.25) is 21.8 Å². The number of aromatic nitrogens is 1. The molecule has 0 spiro atoms. The summed E-state index contributed by atoms with van der Waals surface area (Å²) in [6, 6.07) is 11.5. The van der Waals surface area contributed by atoms with Gasteiger partial charge in [0, 0.05) is 54.4 Å². The van der Waals surface area contributed by atoms with Crippen molar-refractivity contribution in [2.24, 2.45) is 11.5 Å². The Morgan fingerprint density at radius 1 is 0.843 bits per heavy atom. The SMILES string of the molecule is Cc1ccc2cccc(OCc3c(Cl)ccc(S(=O)(=O)NC4(C(=O)N5CCN(C(=O)[C@@H](N)CCCNC(=N)N)CC5)CCCC4)c3Cl)c2n1.O=C(O)C(F)(F)F.O=C(O)C(F)(F)F.O=C(O)C(F)(F)F. The van der Waals surface area contributed by atoms with E-state index < -0.39 is 58.0 Å². The summed E-state index contributed by atoms with van der Waals surface area (Å²) < 4.78 is 132. The average molecular weight is 1080 g/mol. The molecule has 0 bridgehead atoms. The Balaban J connectivity index is 0.000000665. The third kappa shape index (κ3) is 18.1. The molecule has 70 heavy (non-hydrogen) atoms. The van der Waals surface area contributed by atoms with Crippen molar-refractivity contribution in [3.8, 4) is 5.75 Å². The number of carboxylic acids is 3. The molecule has 390 valence electrons. The number of para-hydroxylation sites is 1. The lowest BCUT2D eigenvalue weighted by Crippen LogP contribution is -2.62. The Bertz CT molecular complexity index is 2420. The number of carbonyl (C=O) groups is 5. The highest BCUT2D eigenvalue weighted by Crippen LogP contribution is 2.37. The van der Waals surface area contributed by atoms with Gasteiger partial charge in [-0.2, -0.15) is 44.2 Å². The third-order valence-electron chi connectivity index (χ3n) is 9.76. The minimum absolute atomic E-state index is 0.0921. The molecule has 1 aromatic heterocycles. The minimum atomic E-state index is -5.08. The van der Waals surface area contributed by atoms with Crippen molar-refractivity contribution in [3.05, 3.63) is 63.8 Å². The molecule has 1 aliphatic carbocycles. The van der Waals surface area contributed by atoms with E-state index in [1.807, 2.05) is 31.2 Å². The predicted octanol–water partition coefficient (Wildman–Crippen LogP) is 5.18. The number of rotatable bonds is 12. The number of alkyl halides is 9. The molecule has 2 aliphatic rings. The van der Waals surface area contributed by atoms with Crippen LogP contribution in [0.4, 0.5) is 39.5 Å². The number of benzene rings is 2. The number of carbonyl (C=O) groups excluding carboxylic acids is 2. The van der Waals surface area contributed by atoms with Crippen molar-refractivity contribution in [3.63, 3.8) is 0 Å². The fourth-order valence-electron chi connectivity index (χ4n) is 6.39. The maximum atomic E-state index is 14.0. The molecule has 2 amide bonds. The van der Waals surface area contributed by atoms with Crippen LogP contribution in [-0.4, -0.2) is 137 Å². The number of aryl methyl sites for hydroxylation is 1. The molecule has 1 saturated carbocycles. The monoisotopic (exact) mass is 1070 g/mol. The number of fused-ring (bicyclic) bond motifs is 1. The van der Waals surface area contributed by atoms with E-state index in [0.717, 1.165) is 11.1 Å². The lowest BCUT2D eigenvalue weighted by atomic mass is 9.96. The average Bonchev–Trinajstić information content (AvgIpc) is 3.72. The molecule has 2 heterocycles. The van der Waals surface area contributed by atoms with E-state index in [1.165, 1.54) is 12.1 Å². The van der Waals surface area contributed by atoms with Gasteiger partial charge >= 0.3 is 36.4 Å². The van der Waals surface area contributed by atoms with E-state index in [9.17, 15) is 57.5 Å². The van der Waals surface area contributed by atoms with Gasteiger partial charge in [0.15, 0.2) is 5.96 Å². The molecule has 5 rings (SSSR count). The highest BCUT2D eigenvalue weighted by atomic mass is 35.5. The number of guanidine groups is 1. The highest BCUT2D eigenvalue weighted by molar-refractivity contribution is 7.89. The first-order valence-electron chi connectivity index (χ1n) is 20.0. The van der Waals surface area contributed by atoms with Crippen LogP contribution in [0, 0.1) is 12.3 Å². The van der Waals surface area contributed by atoms with Gasteiger partial charge in [0.05, 0.1) is 11.1 Å². The van der Waals surface area contributed by atoms with Crippen LogP contribution in [0.5, 0.6) is 5.75 Å². The number of ether oxygens (including phenoxy) is 1. The fraction of sp³-hybridized carbons (Fsp3) is 0.462. The first-order chi connectivity index (χ1) is 32.1. The molecule has 2 aromatic carbocycles. The van der Waals surface area contributed by atoms with Gasteiger partial charge < -0.3 is 46.6 Å². The summed E-state index contributed by atoms with van der Waals surface area (Å²) in [7, 11) is -4.29. The summed E-state index contributed by atoms with van der Waals surface area (Å²) in [6.45, 7) is 3.27. The maximum Gasteiger partial charge on any atom is 0.490 e. The summed E-state index contributed by atoms with van der Waals surface area (Å²) in [4.78, 5) is 61.3. The van der Waals surface area contributed by atoms with E-state index in [-0.39, 0.29) is 71.1 Å². The van der Waals surface area contributed by atoms with Crippen LogP contribution in [0.1, 0.15) is 49.8 Å². The van der Waals surface area contributed by atoms with E-state index in [2.05, 4.69) is 15.0 Å². The second kappa shape index (κ2) is 25.3. The molecule has 3 aromatic rings. The van der Waals surface area contributed by atoms with Crippen LogP contribution < -0.4 is 26.2 Å². The number of carboxylic acid groups (broad SMARTS) is 3.